The highest BCUT2D eigenvalue weighted by atomic mass is 32.2. The number of aliphatic carboxylic acids is 1. The zero-order valence-corrected chi connectivity index (χ0v) is 20.3. The van der Waals surface area contributed by atoms with Gasteiger partial charge in [0.25, 0.3) is 0 Å². The first-order valence-electron chi connectivity index (χ1n) is 11.3. The molecule has 188 valence electrons. The Morgan fingerprint density at radius 1 is 1.09 bits per heavy atom. The summed E-state index contributed by atoms with van der Waals surface area (Å²) >= 11 is 1.53. The number of nitrogens with one attached hydrogen (secondary N) is 4. The predicted octanol–water partition coefficient (Wildman–Crippen LogP) is -0.346. The second-order valence-electron chi connectivity index (χ2n) is 8.31. The highest BCUT2D eigenvalue weighted by Crippen LogP contribution is 2.09. The van der Waals surface area contributed by atoms with Crippen LogP contribution in [0.2, 0.25) is 0 Å². The molecule has 2 rings (SSSR count). The van der Waals surface area contributed by atoms with Crippen LogP contribution in [-0.2, 0) is 25.6 Å². The summed E-state index contributed by atoms with van der Waals surface area (Å²) in [6.45, 7) is 2.00. The molecule has 34 heavy (non-hydrogen) atoms. The molecule has 1 heterocycles. The van der Waals surface area contributed by atoms with E-state index < -0.39 is 42.0 Å². The molecule has 11 heteroatoms. The molecule has 0 spiro atoms. The smallest absolute Gasteiger partial charge is 0.328 e. The van der Waals surface area contributed by atoms with E-state index in [4.69, 9.17) is 0 Å². The quantitative estimate of drug-likeness (QED) is 0.217. The van der Waals surface area contributed by atoms with E-state index in [0.717, 1.165) is 18.5 Å². The van der Waals surface area contributed by atoms with E-state index in [-0.39, 0.29) is 18.4 Å². The van der Waals surface area contributed by atoms with Crippen LogP contribution in [0.5, 0.6) is 0 Å². The van der Waals surface area contributed by atoms with Crippen molar-refractivity contribution in [3.63, 3.8) is 0 Å². The molecule has 1 fully saturated rings. The topological polar surface area (TPSA) is 157 Å². The molecule has 5 unspecified atom stereocenters. The summed E-state index contributed by atoms with van der Waals surface area (Å²) in [5, 5.41) is 29.9. The molecule has 1 saturated heterocycles. The molecule has 1 aliphatic rings. The standard InChI is InChI=1S/C23H34N4O6S/c1-14(28)19(23(32)33)27-22(31)18(13-15-7-4-3-5-8-15)26-21(30)17(10-12-34-2)25-20(29)16-9-6-11-24-16/h3-5,7-8,14,16-19,24,28H,6,9-13H2,1-2H3,(H,25,29)(H,26,30)(H,27,31)(H,32,33). The van der Waals surface area contributed by atoms with Crippen LogP contribution < -0.4 is 21.3 Å². The average molecular weight is 495 g/mol. The number of carboxylic acid groups (broad SMARTS) is 1. The van der Waals surface area contributed by atoms with Crippen molar-refractivity contribution >= 4 is 35.5 Å². The van der Waals surface area contributed by atoms with Crippen LogP contribution in [-0.4, -0.2) is 82.7 Å². The zero-order chi connectivity index (χ0) is 25.1. The minimum absolute atomic E-state index is 0.109. The fourth-order valence-electron chi connectivity index (χ4n) is 3.66. The van der Waals surface area contributed by atoms with Crippen molar-refractivity contribution in [3.8, 4) is 0 Å². The normalized spacial score (nSPS) is 18.9. The lowest BCUT2D eigenvalue weighted by molar-refractivity contribution is -0.145. The van der Waals surface area contributed by atoms with Gasteiger partial charge in [-0.3, -0.25) is 14.4 Å². The Bertz CT molecular complexity index is 832. The number of aliphatic hydroxyl groups is 1. The monoisotopic (exact) mass is 494 g/mol. The van der Waals surface area contributed by atoms with Crippen LogP contribution in [0, 0.1) is 0 Å². The van der Waals surface area contributed by atoms with E-state index in [9.17, 15) is 29.4 Å². The first-order chi connectivity index (χ1) is 16.2. The lowest BCUT2D eigenvalue weighted by Gasteiger charge is -2.26. The van der Waals surface area contributed by atoms with Gasteiger partial charge in [-0.2, -0.15) is 11.8 Å². The molecule has 10 nitrogen and oxygen atoms in total. The number of hydrogen-bond acceptors (Lipinski definition) is 7. The molecule has 5 atom stereocenters. The molecular weight excluding hydrogens is 460 g/mol. The van der Waals surface area contributed by atoms with E-state index in [0.29, 0.717) is 18.6 Å². The fourth-order valence-corrected chi connectivity index (χ4v) is 4.13. The lowest BCUT2D eigenvalue weighted by Crippen LogP contribution is -2.58. The van der Waals surface area contributed by atoms with Gasteiger partial charge >= 0.3 is 5.97 Å². The first-order valence-corrected chi connectivity index (χ1v) is 12.7. The molecule has 0 aromatic heterocycles. The third kappa shape index (κ3) is 8.62. The maximum atomic E-state index is 13.2. The van der Waals surface area contributed by atoms with Crippen molar-refractivity contribution in [1.29, 1.82) is 0 Å². The fraction of sp³-hybridized carbons (Fsp3) is 0.565. The molecule has 1 aromatic carbocycles. The Hall–Kier alpha value is -2.63. The molecule has 3 amide bonds. The van der Waals surface area contributed by atoms with Crippen molar-refractivity contribution in [1.82, 2.24) is 21.3 Å². The van der Waals surface area contributed by atoms with E-state index in [1.165, 1.54) is 18.7 Å². The first kappa shape index (κ1) is 27.6. The second kappa shape index (κ2) is 13.9. The van der Waals surface area contributed by atoms with Crippen LogP contribution >= 0.6 is 11.8 Å². The van der Waals surface area contributed by atoms with Gasteiger partial charge in [0.1, 0.15) is 12.1 Å². The molecule has 0 radical (unpaired) electrons. The number of carbonyl (C=O) groups excluding carboxylic acids is 3. The molecule has 1 aromatic rings. The summed E-state index contributed by atoms with van der Waals surface area (Å²) in [6, 6.07) is 5.14. The molecular formula is C23H34N4O6S. The van der Waals surface area contributed by atoms with E-state index >= 15 is 0 Å². The number of benzene rings is 1. The summed E-state index contributed by atoms with van der Waals surface area (Å²) in [7, 11) is 0. The van der Waals surface area contributed by atoms with Crippen molar-refractivity contribution in [3.05, 3.63) is 35.9 Å². The second-order valence-corrected chi connectivity index (χ2v) is 9.29. The minimum Gasteiger partial charge on any atom is -0.480 e. The largest absolute Gasteiger partial charge is 0.480 e. The summed E-state index contributed by atoms with van der Waals surface area (Å²) in [6.07, 6.45) is 2.62. The van der Waals surface area contributed by atoms with E-state index in [1.807, 2.05) is 12.3 Å². The van der Waals surface area contributed by atoms with Gasteiger partial charge in [-0.15, -0.1) is 0 Å². The molecule has 1 aliphatic heterocycles. The molecule has 6 N–H and O–H groups in total. The van der Waals surface area contributed by atoms with Crippen LogP contribution in [0.25, 0.3) is 0 Å². The van der Waals surface area contributed by atoms with Crippen LogP contribution in [0.3, 0.4) is 0 Å². The number of carboxylic acids is 1. The average Bonchev–Trinajstić information content (AvgIpc) is 3.34. The molecule has 0 aliphatic carbocycles. The zero-order valence-electron chi connectivity index (χ0n) is 19.5. The van der Waals surface area contributed by atoms with Gasteiger partial charge in [0.05, 0.1) is 12.1 Å². The molecule has 0 bridgehead atoms. The number of carbonyl (C=O) groups is 4. The van der Waals surface area contributed by atoms with Crippen LogP contribution in [0.15, 0.2) is 30.3 Å². The number of rotatable bonds is 13. The van der Waals surface area contributed by atoms with Crippen molar-refractivity contribution in [2.75, 3.05) is 18.6 Å². The van der Waals surface area contributed by atoms with Gasteiger partial charge in [0.15, 0.2) is 6.04 Å². The Morgan fingerprint density at radius 2 is 1.76 bits per heavy atom. The van der Waals surface area contributed by atoms with Gasteiger partial charge < -0.3 is 31.5 Å². The van der Waals surface area contributed by atoms with E-state index in [2.05, 4.69) is 21.3 Å². The number of aliphatic hydroxyl groups excluding tert-OH is 1. The predicted molar refractivity (Wildman–Crippen MR) is 129 cm³/mol. The summed E-state index contributed by atoms with van der Waals surface area (Å²) in [4.78, 5) is 50.2. The summed E-state index contributed by atoms with van der Waals surface area (Å²) < 4.78 is 0. The minimum atomic E-state index is -1.52. The maximum Gasteiger partial charge on any atom is 0.328 e. The van der Waals surface area contributed by atoms with Crippen molar-refractivity contribution in [2.45, 2.75) is 62.9 Å². The van der Waals surface area contributed by atoms with Gasteiger partial charge in [-0.1, -0.05) is 30.3 Å². The van der Waals surface area contributed by atoms with Gasteiger partial charge in [-0.05, 0) is 50.3 Å². The number of amides is 3. The lowest BCUT2D eigenvalue weighted by atomic mass is 10.0. The van der Waals surface area contributed by atoms with Crippen molar-refractivity contribution in [2.24, 2.45) is 0 Å². The Labute approximate surface area is 203 Å². The highest BCUT2D eigenvalue weighted by Gasteiger charge is 2.32. The van der Waals surface area contributed by atoms with Crippen LogP contribution in [0.4, 0.5) is 0 Å². The van der Waals surface area contributed by atoms with Gasteiger partial charge in [0, 0.05) is 6.42 Å². The number of thioether (sulfide) groups is 1. The third-order valence-electron chi connectivity index (χ3n) is 5.58. The molecule has 0 saturated carbocycles. The Kier molecular flexibility index (Phi) is 11.3. The van der Waals surface area contributed by atoms with Gasteiger partial charge in [0.2, 0.25) is 17.7 Å². The van der Waals surface area contributed by atoms with Crippen LogP contribution in [0.1, 0.15) is 31.7 Å². The summed E-state index contributed by atoms with van der Waals surface area (Å²) in [5.41, 5.74) is 0.756. The number of hydrogen-bond donors (Lipinski definition) is 6. The Morgan fingerprint density at radius 3 is 2.32 bits per heavy atom. The third-order valence-corrected chi connectivity index (χ3v) is 6.23. The van der Waals surface area contributed by atoms with Crippen molar-refractivity contribution < 1.29 is 29.4 Å². The Balaban J connectivity index is 2.17. The van der Waals surface area contributed by atoms with Gasteiger partial charge in [-0.25, -0.2) is 4.79 Å². The summed E-state index contributed by atoms with van der Waals surface area (Å²) in [5.74, 6) is -2.29. The SMILES string of the molecule is CSCCC(NC(=O)C1CCCN1)C(=O)NC(Cc1ccccc1)C(=O)NC(C(=O)O)C(C)O. The highest BCUT2D eigenvalue weighted by molar-refractivity contribution is 7.98. The van der Waals surface area contributed by atoms with E-state index in [1.54, 1.807) is 24.3 Å². The maximum absolute atomic E-state index is 13.2.